The summed E-state index contributed by atoms with van der Waals surface area (Å²) in [5, 5.41) is 2.85. The van der Waals surface area contributed by atoms with E-state index in [0.29, 0.717) is 0 Å². The zero-order valence-corrected chi connectivity index (χ0v) is 16.7. The highest BCUT2D eigenvalue weighted by Gasteiger charge is 2.20. The van der Waals surface area contributed by atoms with Gasteiger partial charge in [0.1, 0.15) is 17.6 Å². The standard InChI is InChI=1S/C21H22ClFN2O3/c1-14(21(27)25(2)13-17-18(22)5-4-6-19(17)23)24-20(26)12-9-15-7-10-16(28-3)11-8-15/h4-12,14H,13H2,1-3H3,(H,24,26). The van der Waals surface area contributed by atoms with E-state index < -0.39 is 17.8 Å². The normalized spacial score (nSPS) is 11.9. The molecule has 1 N–H and O–H groups in total. The van der Waals surface area contributed by atoms with Crippen LogP contribution in [0.4, 0.5) is 4.39 Å². The fourth-order valence-electron chi connectivity index (χ4n) is 2.54. The molecule has 0 aliphatic heterocycles. The average Bonchev–Trinajstić information content (AvgIpc) is 2.68. The number of hydrogen-bond acceptors (Lipinski definition) is 3. The van der Waals surface area contributed by atoms with Gasteiger partial charge in [-0.25, -0.2) is 4.39 Å². The third kappa shape index (κ3) is 5.82. The second-order valence-corrected chi connectivity index (χ2v) is 6.64. The summed E-state index contributed by atoms with van der Waals surface area (Å²) in [5.41, 5.74) is 1.05. The molecule has 0 bridgehead atoms. The minimum absolute atomic E-state index is 0.00619. The summed E-state index contributed by atoms with van der Waals surface area (Å²) in [6.45, 7) is 1.58. The van der Waals surface area contributed by atoms with Gasteiger partial charge in [0.2, 0.25) is 11.8 Å². The minimum atomic E-state index is -0.774. The van der Waals surface area contributed by atoms with Crippen LogP contribution in [-0.2, 0) is 16.1 Å². The quantitative estimate of drug-likeness (QED) is 0.716. The number of methoxy groups -OCH3 is 1. The number of ether oxygens (including phenoxy) is 1. The van der Waals surface area contributed by atoms with Crippen molar-refractivity contribution in [2.24, 2.45) is 0 Å². The molecule has 0 aliphatic carbocycles. The fourth-order valence-corrected chi connectivity index (χ4v) is 2.76. The Morgan fingerprint density at radius 3 is 2.54 bits per heavy atom. The van der Waals surface area contributed by atoms with E-state index in [0.717, 1.165) is 11.3 Å². The molecule has 0 spiro atoms. The topological polar surface area (TPSA) is 58.6 Å². The van der Waals surface area contributed by atoms with Gasteiger partial charge in [-0.15, -0.1) is 0 Å². The first-order valence-corrected chi connectivity index (χ1v) is 9.00. The van der Waals surface area contributed by atoms with Gasteiger partial charge in [0.05, 0.1) is 7.11 Å². The van der Waals surface area contributed by atoms with E-state index in [1.54, 1.807) is 38.3 Å². The van der Waals surface area contributed by atoms with Crippen LogP contribution >= 0.6 is 11.6 Å². The van der Waals surface area contributed by atoms with Crippen LogP contribution in [0.3, 0.4) is 0 Å². The van der Waals surface area contributed by atoms with Crippen LogP contribution in [-0.4, -0.2) is 36.9 Å². The number of rotatable bonds is 7. The SMILES string of the molecule is COc1ccc(C=CC(=O)NC(C)C(=O)N(C)Cc2c(F)cccc2Cl)cc1. The van der Waals surface area contributed by atoms with Gasteiger partial charge in [-0.1, -0.05) is 29.8 Å². The number of carbonyl (C=O) groups excluding carboxylic acids is 2. The molecule has 0 aliphatic rings. The lowest BCUT2D eigenvalue weighted by Crippen LogP contribution is -2.44. The van der Waals surface area contributed by atoms with Gasteiger partial charge < -0.3 is 15.0 Å². The van der Waals surface area contributed by atoms with E-state index in [9.17, 15) is 14.0 Å². The van der Waals surface area contributed by atoms with Crippen LogP contribution in [0.2, 0.25) is 5.02 Å². The number of nitrogens with zero attached hydrogens (tertiary/aromatic N) is 1. The number of amides is 2. The largest absolute Gasteiger partial charge is 0.497 e. The molecule has 5 nitrogen and oxygen atoms in total. The Labute approximate surface area is 168 Å². The van der Waals surface area contributed by atoms with Gasteiger partial charge >= 0.3 is 0 Å². The predicted molar refractivity (Wildman–Crippen MR) is 108 cm³/mol. The third-order valence-electron chi connectivity index (χ3n) is 4.11. The van der Waals surface area contributed by atoms with E-state index in [1.807, 2.05) is 12.1 Å². The summed E-state index contributed by atoms with van der Waals surface area (Å²) in [5.74, 6) is -0.524. The Balaban J connectivity index is 1.93. The van der Waals surface area contributed by atoms with Crippen molar-refractivity contribution in [3.63, 3.8) is 0 Å². The molecule has 0 saturated carbocycles. The maximum absolute atomic E-state index is 13.9. The molecule has 0 fully saturated rings. The van der Waals surface area contributed by atoms with Gasteiger partial charge in [-0.2, -0.15) is 0 Å². The molecule has 2 aromatic carbocycles. The van der Waals surface area contributed by atoms with Crippen molar-refractivity contribution in [3.8, 4) is 5.75 Å². The second kappa shape index (κ2) is 9.90. The van der Waals surface area contributed by atoms with Crippen molar-refractivity contribution in [1.82, 2.24) is 10.2 Å². The van der Waals surface area contributed by atoms with Crippen LogP contribution in [0.1, 0.15) is 18.1 Å². The molecule has 2 aromatic rings. The lowest BCUT2D eigenvalue weighted by atomic mass is 10.2. The average molecular weight is 405 g/mol. The summed E-state index contributed by atoms with van der Waals surface area (Å²) < 4.78 is 19.0. The minimum Gasteiger partial charge on any atom is -0.497 e. The number of nitrogens with one attached hydrogen (secondary N) is 1. The maximum Gasteiger partial charge on any atom is 0.244 e. The summed E-state index contributed by atoms with van der Waals surface area (Å²) in [7, 11) is 3.11. The van der Waals surface area contributed by atoms with Crippen LogP contribution in [0, 0.1) is 5.82 Å². The number of likely N-dealkylation sites (N-methyl/N-ethyl adjacent to an activating group) is 1. The Morgan fingerprint density at radius 1 is 1.25 bits per heavy atom. The molecule has 2 amide bonds. The van der Waals surface area contributed by atoms with Gasteiger partial charge in [-0.3, -0.25) is 9.59 Å². The third-order valence-corrected chi connectivity index (χ3v) is 4.46. The van der Waals surface area contributed by atoms with Crippen LogP contribution in [0.25, 0.3) is 6.08 Å². The first-order chi connectivity index (χ1) is 13.3. The molecule has 148 valence electrons. The number of carbonyl (C=O) groups is 2. The first kappa shape index (κ1) is 21.4. The maximum atomic E-state index is 13.9. The van der Waals surface area contributed by atoms with E-state index in [2.05, 4.69) is 5.32 Å². The van der Waals surface area contributed by atoms with Gasteiger partial charge in [0.15, 0.2) is 0 Å². The summed E-state index contributed by atoms with van der Waals surface area (Å²) in [4.78, 5) is 25.8. The Morgan fingerprint density at radius 2 is 1.93 bits per heavy atom. The highest BCUT2D eigenvalue weighted by atomic mass is 35.5. The molecule has 0 saturated heterocycles. The lowest BCUT2D eigenvalue weighted by molar-refractivity contribution is -0.134. The highest BCUT2D eigenvalue weighted by Crippen LogP contribution is 2.20. The molecule has 7 heteroatoms. The Hall–Kier alpha value is -2.86. The smallest absolute Gasteiger partial charge is 0.244 e. The first-order valence-electron chi connectivity index (χ1n) is 8.62. The predicted octanol–water partition coefficient (Wildman–Crippen LogP) is 3.66. The van der Waals surface area contributed by atoms with E-state index in [1.165, 1.54) is 30.2 Å². The Kier molecular flexibility index (Phi) is 7.58. The zero-order chi connectivity index (χ0) is 20.7. The number of hydrogen-bond donors (Lipinski definition) is 1. The lowest BCUT2D eigenvalue weighted by Gasteiger charge is -2.22. The van der Waals surface area contributed by atoms with Crippen molar-refractivity contribution >= 4 is 29.5 Å². The number of benzene rings is 2. The summed E-state index contributed by atoms with van der Waals surface area (Å²) in [6.07, 6.45) is 2.98. The summed E-state index contributed by atoms with van der Waals surface area (Å²) >= 11 is 6.00. The second-order valence-electron chi connectivity index (χ2n) is 6.23. The zero-order valence-electron chi connectivity index (χ0n) is 15.9. The van der Waals surface area contributed by atoms with Crippen LogP contribution < -0.4 is 10.1 Å². The molecule has 0 aromatic heterocycles. The monoisotopic (exact) mass is 404 g/mol. The molecular weight excluding hydrogens is 383 g/mol. The molecular formula is C21H22ClFN2O3. The van der Waals surface area contributed by atoms with Crippen LogP contribution in [0.15, 0.2) is 48.5 Å². The molecule has 0 heterocycles. The van der Waals surface area contributed by atoms with E-state index in [-0.39, 0.29) is 23.0 Å². The molecule has 0 radical (unpaired) electrons. The number of halogens is 2. The molecule has 1 unspecified atom stereocenters. The Bertz CT molecular complexity index is 848. The van der Waals surface area contributed by atoms with Crippen molar-refractivity contribution in [2.75, 3.05) is 14.2 Å². The fraction of sp³-hybridized carbons (Fsp3) is 0.238. The molecule has 2 rings (SSSR count). The van der Waals surface area contributed by atoms with Crippen molar-refractivity contribution in [2.45, 2.75) is 19.5 Å². The highest BCUT2D eigenvalue weighted by molar-refractivity contribution is 6.31. The molecule has 28 heavy (non-hydrogen) atoms. The molecule has 1 atom stereocenters. The van der Waals surface area contributed by atoms with Crippen molar-refractivity contribution in [3.05, 3.63) is 70.5 Å². The van der Waals surface area contributed by atoms with Crippen molar-refractivity contribution < 1.29 is 18.7 Å². The van der Waals surface area contributed by atoms with Gasteiger partial charge in [-0.05, 0) is 42.8 Å². The summed E-state index contributed by atoms with van der Waals surface area (Å²) in [6, 6.07) is 10.8. The van der Waals surface area contributed by atoms with E-state index in [4.69, 9.17) is 16.3 Å². The van der Waals surface area contributed by atoms with Crippen LogP contribution in [0.5, 0.6) is 5.75 Å². The van der Waals surface area contributed by atoms with E-state index >= 15 is 0 Å². The van der Waals surface area contributed by atoms with Gasteiger partial charge in [0.25, 0.3) is 0 Å². The van der Waals surface area contributed by atoms with Gasteiger partial charge in [0, 0.05) is 30.3 Å². The van der Waals surface area contributed by atoms with Crippen molar-refractivity contribution in [1.29, 1.82) is 0 Å².